The summed E-state index contributed by atoms with van der Waals surface area (Å²) in [6.07, 6.45) is 2.39. The highest BCUT2D eigenvalue weighted by molar-refractivity contribution is 6.13. The fourth-order valence-electron chi connectivity index (χ4n) is 4.69. The van der Waals surface area contributed by atoms with Gasteiger partial charge < -0.3 is 24.3 Å². The molecular formula is C25H27N7O3. The topological polar surface area (TPSA) is 116 Å². The second kappa shape index (κ2) is 8.09. The van der Waals surface area contributed by atoms with E-state index in [1.807, 2.05) is 31.6 Å². The highest BCUT2D eigenvalue weighted by Crippen LogP contribution is 2.42. The summed E-state index contributed by atoms with van der Waals surface area (Å²) in [6, 6.07) is 6.17. The van der Waals surface area contributed by atoms with E-state index in [1.165, 1.54) is 12.8 Å². The van der Waals surface area contributed by atoms with Crippen molar-refractivity contribution >= 4 is 33.6 Å². The molecule has 0 radical (unpaired) electrons. The van der Waals surface area contributed by atoms with Crippen LogP contribution in [0, 0.1) is 13.8 Å². The molecule has 5 aromatic rings. The fourth-order valence-corrected chi connectivity index (χ4v) is 4.69. The number of nitrogens with zero attached hydrogens (tertiary/aromatic N) is 5. The molecular weight excluding hydrogens is 446 g/mol. The van der Waals surface area contributed by atoms with Crippen molar-refractivity contribution in [3.63, 3.8) is 0 Å². The molecule has 0 aliphatic heterocycles. The first-order valence-corrected chi connectivity index (χ1v) is 11.6. The number of hydrogen-bond donors (Lipinski definition) is 2. The van der Waals surface area contributed by atoms with Crippen LogP contribution < -0.4 is 10.1 Å². The number of methoxy groups -OCH3 is 2. The molecule has 6 rings (SSSR count). The van der Waals surface area contributed by atoms with Gasteiger partial charge in [0.15, 0.2) is 5.82 Å². The van der Waals surface area contributed by atoms with Crippen LogP contribution in [0.5, 0.6) is 5.75 Å². The Bertz CT molecular complexity index is 1560. The van der Waals surface area contributed by atoms with Crippen molar-refractivity contribution in [3.8, 4) is 16.9 Å². The van der Waals surface area contributed by atoms with Gasteiger partial charge in [-0.05, 0) is 38.8 Å². The lowest BCUT2D eigenvalue weighted by Gasteiger charge is -2.11. The number of anilines is 2. The number of aromatic amines is 1. The highest BCUT2D eigenvalue weighted by atomic mass is 16.5. The van der Waals surface area contributed by atoms with Gasteiger partial charge in [-0.15, -0.1) is 0 Å². The molecule has 1 aliphatic rings. The number of nitrogens with one attached hydrogen (secondary N) is 2. The first kappa shape index (κ1) is 21.6. The molecule has 4 aromatic heterocycles. The van der Waals surface area contributed by atoms with E-state index < -0.39 is 0 Å². The summed E-state index contributed by atoms with van der Waals surface area (Å²) in [5, 5.41) is 14.1. The van der Waals surface area contributed by atoms with Gasteiger partial charge in [-0.3, -0.25) is 4.68 Å². The molecule has 1 aliphatic carbocycles. The lowest BCUT2D eigenvalue weighted by Crippen LogP contribution is -2.05. The van der Waals surface area contributed by atoms with Gasteiger partial charge in [0.05, 0.1) is 29.4 Å². The van der Waals surface area contributed by atoms with Gasteiger partial charge in [-0.25, -0.2) is 9.97 Å². The minimum Gasteiger partial charge on any atom is -0.496 e. The number of fused-ring (bicyclic) bond motifs is 3. The average Bonchev–Trinajstić information content (AvgIpc) is 3.42. The maximum absolute atomic E-state index is 5.80. The molecule has 0 amide bonds. The van der Waals surface area contributed by atoms with Crippen LogP contribution >= 0.6 is 0 Å². The van der Waals surface area contributed by atoms with Gasteiger partial charge in [0.1, 0.15) is 35.4 Å². The third-order valence-electron chi connectivity index (χ3n) is 6.53. The first-order chi connectivity index (χ1) is 17.0. The molecule has 180 valence electrons. The van der Waals surface area contributed by atoms with E-state index in [4.69, 9.17) is 24.0 Å². The molecule has 0 bridgehead atoms. The summed E-state index contributed by atoms with van der Waals surface area (Å²) < 4.78 is 18.4. The van der Waals surface area contributed by atoms with E-state index >= 15 is 0 Å². The molecule has 4 heterocycles. The zero-order valence-electron chi connectivity index (χ0n) is 20.4. The van der Waals surface area contributed by atoms with Crippen molar-refractivity contribution in [2.45, 2.75) is 39.2 Å². The van der Waals surface area contributed by atoms with Crippen molar-refractivity contribution in [2.24, 2.45) is 7.05 Å². The number of aryl methyl sites for hydroxylation is 3. The summed E-state index contributed by atoms with van der Waals surface area (Å²) in [5.41, 5.74) is 5.38. The molecule has 2 N–H and O–H groups in total. The van der Waals surface area contributed by atoms with E-state index in [9.17, 15) is 0 Å². The largest absolute Gasteiger partial charge is 0.496 e. The molecule has 10 heteroatoms. The van der Waals surface area contributed by atoms with Crippen molar-refractivity contribution in [1.29, 1.82) is 0 Å². The lowest BCUT2D eigenvalue weighted by atomic mass is 10.0. The molecule has 35 heavy (non-hydrogen) atoms. The van der Waals surface area contributed by atoms with E-state index in [1.54, 1.807) is 14.2 Å². The maximum Gasteiger partial charge on any atom is 0.158 e. The van der Waals surface area contributed by atoms with Crippen LogP contribution in [0.4, 0.5) is 11.6 Å². The van der Waals surface area contributed by atoms with Gasteiger partial charge >= 0.3 is 0 Å². The summed E-state index contributed by atoms with van der Waals surface area (Å²) in [7, 11) is 5.24. The first-order valence-electron chi connectivity index (χ1n) is 11.6. The van der Waals surface area contributed by atoms with Crippen molar-refractivity contribution in [2.75, 3.05) is 19.5 Å². The monoisotopic (exact) mass is 473 g/mol. The number of hydrogen-bond acceptors (Lipinski definition) is 8. The Morgan fingerprint density at radius 1 is 1.17 bits per heavy atom. The van der Waals surface area contributed by atoms with Crippen LogP contribution in [-0.4, -0.2) is 44.1 Å². The molecule has 10 nitrogen and oxygen atoms in total. The minimum atomic E-state index is 0.298. The van der Waals surface area contributed by atoms with Crippen LogP contribution in [0.3, 0.4) is 0 Å². The van der Waals surface area contributed by atoms with Gasteiger partial charge in [0, 0.05) is 42.6 Å². The standard InChI is InChI=1S/C25H27N7O3/c1-12-22(13(2)35-31-12)16-8-18-15(9-19(16)34-5)23-24(26-18)27-20(11-33-4)28-25(23)29-21-10-17(14-6-7-14)30-32(21)3/h8-10,14H,6-7,11H2,1-5H3,(H2,26,27,28,29). The van der Waals surface area contributed by atoms with E-state index in [0.29, 0.717) is 29.8 Å². The lowest BCUT2D eigenvalue weighted by molar-refractivity contribution is 0.178. The molecule has 1 fully saturated rings. The molecule has 0 unspecified atom stereocenters. The Morgan fingerprint density at radius 3 is 2.69 bits per heavy atom. The fraction of sp³-hybridized carbons (Fsp3) is 0.360. The summed E-state index contributed by atoms with van der Waals surface area (Å²) in [4.78, 5) is 13.0. The normalized spacial score (nSPS) is 13.7. The predicted molar refractivity (Wildman–Crippen MR) is 132 cm³/mol. The smallest absolute Gasteiger partial charge is 0.158 e. The van der Waals surface area contributed by atoms with Crippen LogP contribution in [0.15, 0.2) is 22.7 Å². The van der Waals surface area contributed by atoms with Crippen molar-refractivity contribution in [1.82, 2.24) is 29.9 Å². The quantitative estimate of drug-likeness (QED) is 0.343. The van der Waals surface area contributed by atoms with Crippen molar-refractivity contribution in [3.05, 3.63) is 41.2 Å². The predicted octanol–water partition coefficient (Wildman–Crippen LogP) is 4.89. The Morgan fingerprint density at radius 2 is 2.00 bits per heavy atom. The Labute approximate surface area is 201 Å². The maximum atomic E-state index is 5.80. The second-order valence-corrected chi connectivity index (χ2v) is 9.04. The molecule has 1 aromatic carbocycles. The zero-order chi connectivity index (χ0) is 24.3. The minimum absolute atomic E-state index is 0.298. The average molecular weight is 474 g/mol. The van der Waals surface area contributed by atoms with Crippen LogP contribution in [0.25, 0.3) is 33.1 Å². The van der Waals surface area contributed by atoms with Gasteiger partial charge in [-0.2, -0.15) is 5.10 Å². The van der Waals surface area contributed by atoms with E-state index in [2.05, 4.69) is 32.7 Å². The summed E-state index contributed by atoms with van der Waals surface area (Å²) in [5.74, 6) is 4.16. The van der Waals surface area contributed by atoms with E-state index in [-0.39, 0.29) is 0 Å². The van der Waals surface area contributed by atoms with Crippen LogP contribution in [-0.2, 0) is 18.4 Å². The highest BCUT2D eigenvalue weighted by Gasteiger charge is 2.27. The molecule has 0 atom stereocenters. The Hall–Kier alpha value is -3.92. The number of benzene rings is 1. The second-order valence-electron chi connectivity index (χ2n) is 9.04. The summed E-state index contributed by atoms with van der Waals surface area (Å²) >= 11 is 0. The third kappa shape index (κ3) is 3.61. The Kier molecular flexibility index (Phi) is 4.99. The molecule has 0 saturated heterocycles. The molecule has 1 saturated carbocycles. The van der Waals surface area contributed by atoms with Gasteiger partial charge in [-0.1, -0.05) is 5.16 Å². The van der Waals surface area contributed by atoms with Crippen LogP contribution in [0.2, 0.25) is 0 Å². The number of aromatic nitrogens is 6. The molecule has 0 spiro atoms. The summed E-state index contributed by atoms with van der Waals surface area (Å²) in [6.45, 7) is 4.12. The third-order valence-corrected chi connectivity index (χ3v) is 6.53. The Balaban J connectivity index is 1.55. The number of H-pyrrole nitrogens is 1. The van der Waals surface area contributed by atoms with Crippen LogP contribution in [0.1, 0.15) is 41.7 Å². The SMILES string of the molecule is COCc1nc(Nc2cc(C3CC3)nn2C)c2c(n1)[nH]c1cc(-c3c(C)noc3C)c(OC)cc12. The zero-order valence-corrected chi connectivity index (χ0v) is 20.4. The van der Waals surface area contributed by atoms with Crippen molar-refractivity contribution < 1.29 is 14.0 Å². The van der Waals surface area contributed by atoms with Gasteiger partial charge in [0.25, 0.3) is 0 Å². The van der Waals surface area contributed by atoms with E-state index in [0.717, 1.165) is 56.1 Å². The number of ether oxygens (including phenoxy) is 2. The van der Waals surface area contributed by atoms with Gasteiger partial charge in [0.2, 0.25) is 0 Å². The number of rotatable bonds is 7.